The van der Waals surface area contributed by atoms with E-state index in [-0.39, 0.29) is 11.7 Å². The molecule has 0 saturated heterocycles. The molecule has 0 bridgehead atoms. The smallest absolute Gasteiger partial charge is 0.234 e. The van der Waals surface area contributed by atoms with E-state index >= 15 is 0 Å². The van der Waals surface area contributed by atoms with Crippen LogP contribution in [0.3, 0.4) is 0 Å². The van der Waals surface area contributed by atoms with Gasteiger partial charge >= 0.3 is 0 Å². The van der Waals surface area contributed by atoms with E-state index in [1.807, 2.05) is 24.3 Å². The highest BCUT2D eigenvalue weighted by molar-refractivity contribution is 7.99. The lowest BCUT2D eigenvalue weighted by molar-refractivity contribution is -0.113. The molecule has 1 heterocycles. The van der Waals surface area contributed by atoms with Gasteiger partial charge in [-0.25, -0.2) is 0 Å². The molecule has 1 amide bonds. The van der Waals surface area contributed by atoms with Crippen LogP contribution in [0.15, 0.2) is 41.6 Å². The quantitative estimate of drug-likeness (QED) is 0.609. The standard InChI is InChI=1S/C21H25N5OS/c1-5-16-8-7-9-17(6-2)20(16)22-19(27)13-28-21-23-24-25-26(21)18-11-10-14(3)15(4)12-18/h7-12H,5-6,13H2,1-4H3,(H,22,27). The van der Waals surface area contributed by atoms with E-state index in [1.165, 1.54) is 22.9 Å². The molecule has 1 aromatic heterocycles. The number of aryl methyl sites for hydroxylation is 4. The number of aromatic nitrogens is 4. The minimum absolute atomic E-state index is 0.0600. The summed E-state index contributed by atoms with van der Waals surface area (Å²) < 4.78 is 1.67. The summed E-state index contributed by atoms with van der Waals surface area (Å²) in [6.45, 7) is 8.31. The lowest BCUT2D eigenvalue weighted by Crippen LogP contribution is -2.17. The van der Waals surface area contributed by atoms with Crippen molar-refractivity contribution in [3.63, 3.8) is 0 Å². The second-order valence-corrected chi connectivity index (χ2v) is 7.58. The zero-order valence-corrected chi connectivity index (χ0v) is 17.5. The topological polar surface area (TPSA) is 72.7 Å². The Bertz CT molecular complexity index is 960. The molecule has 3 rings (SSSR count). The fraction of sp³-hybridized carbons (Fsp3) is 0.333. The Morgan fingerprint density at radius 1 is 1.07 bits per heavy atom. The number of anilines is 1. The molecule has 0 aliphatic rings. The van der Waals surface area contributed by atoms with E-state index < -0.39 is 0 Å². The van der Waals surface area contributed by atoms with Gasteiger partial charge in [-0.05, 0) is 71.5 Å². The van der Waals surface area contributed by atoms with Gasteiger partial charge in [0.15, 0.2) is 0 Å². The Morgan fingerprint density at radius 2 is 1.79 bits per heavy atom. The highest BCUT2D eigenvalue weighted by atomic mass is 32.2. The van der Waals surface area contributed by atoms with Crippen molar-refractivity contribution in [2.75, 3.05) is 11.1 Å². The average molecular weight is 396 g/mol. The summed E-state index contributed by atoms with van der Waals surface area (Å²) in [5.41, 5.74) is 6.51. The van der Waals surface area contributed by atoms with Crippen LogP contribution in [-0.2, 0) is 17.6 Å². The third kappa shape index (κ3) is 4.42. The van der Waals surface area contributed by atoms with Gasteiger partial charge in [0.25, 0.3) is 0 Å². The number of amides is 1. The van der Waals surface area contributed by atoms with Gasteiger partial charge in [0, 0.05) is 5.69 Å². The predicted molar refractivity (Wildman–Crippen MR) is 113 cm³/mol. The Balaban J connectivity index is 1.71. The molecule has 0 atom stereocenters. The summed E-state index contributed by atoms with van der Waals surface area (Å²) in [7, 11) is 0. The lowest BCUT2D eigenvalue weighted by atomic mass is 10.0. The molecule has 0 unspecified atom stereocenters. The molecule has 0 fully saturated rings. The summed E-state index contributed by atoms with van der Waals surface area (Å²) >= 11 is 1.33. The van der Waals surface area contributed by atoms with E-state index in [4.69, 9.17) is 0 Å². The minimum atomic E-state index is -0.0600. The number of tetrazole rings is 1. The molecule has 0 aliphatic carbocycles. The maximum absolute atomic E-state index is 12.6. The third-order valence-corrected chi connectivity index (χ3v) is 5.69. The van der Waals surface area contributed by atoms with Gasteiger partial charge in [0.1, 0.15) is 0 Å². The first-order chi connectivity index (χ1) is 13.5. The molecule has 146 valence electrons. The number of para-hydroxylation sites is 1. The normalized spacial score (nSPS) is 10.9. The average Bonchev–Trinajstić information content (AvgIpc) is 3.17. The zero-order valence-electron chi connectivity index (χ0n) is 16.7. The maximum Gasteiger partial charge on any atom is 0.234 e. The van der Waals surface area contributed by atoms with E-state index in [9.17, 15) is 4.79 Å². The molecular formula is C21H25N5OS. The van der Waals surface area contributed by atoms with E-state index in [0.29, 0.717) is 5.16 Å². The minimum Gasteiger partial charge on any atom is -0.325 e. The fourth-order valence-electron chi connectivity index (χ4n) is 3.00. The number of rotatable bonds is 7. The van der Waals surface area contributed by atoms with Crippen LogP contribution in [0, 0.1) is 13.8 Å². The summed E-state index contributed by atoms with van der Waals surface area (Å²) in [5, 5.41) is 15.6. The van der Waals surface area contributed by atoms with E-state index in [0.717, 1.165) is 35.3 Å². The highest BCUT2D eigenvalue weighted by Crippen LogP contribution is 2.24. The van der Waals surface area contributed by atoms with Crippen molar-refractivity contribution in [1.29, 1.82) is 0 Å². The van der Waals surface area contributed by atoms with Crippen LogP contribution in [0.4, 0.5) is 5.69 Å². The number of thioether (sulfide) groups is 1. The summed E-state index contributed by atoms with van der Waals surface area (Å²) in [6.07, 6.45) is 1.75. The molecule has 7 heteroatoms. The van der Waals surface area contributed by atoms with Gasteiger partial charge in [-0.15, -0.1) is 5.10 Å². The fourth-order valence-corrected chi connectivity index (χ4v) is 3.69. The van der Waals surface area contributed by atoms with Crippen LogP contribution in [0.25, 0.3) is 5.69 Å². The van der Waals surface area contributed by atoms with Gasteiger partial charge in [-0.2, -0.15) is 4.68 Å². The SMILES string of the molecule is CCc1cccc(CC)c1NC(=O)CSc1nnnn1-c1ccc(C)c(C)c1. The van der Waals surface area contributed by atoms with Gasteiger partial charge in [-0.1, -0.05) is 49.9 Å². The molecule has 6 nitrogen and oxygen atoms in total. The van der Waals surface area contributed by atoms with Crippen molar-refractivity contribution >= 4 is 23.4 Å². The summed E-state index contributed by atoms with van der Waals surface area (Å²) in [6, 6.07) is 12.2. The van der Waals surface area contributed by atoms with E-state index in [1.54, 1.807) is 4.68 Å². The molecule has 3 aromatic rings. The Labute approximate surface area is 169 Å². The number of hydrogen-bond donors (Lipinski definition) is 1. The van der Waals surface area contributed by atoms with Gasteiger partial charge in [-0.3, -0.25) is 4.79 Å². The Morgan fingerprint density at radius 3 is 2.43 bits per heavy atom. The number of carbonyl (C=O) groups is 1. The lowest BCUT2D eigenvalue weighted by Gasteiger charge is -2.14. The molecule has 1 N–H and O–H groups in total. The van der Waals surface area contributed by atoms with Crippen molar-refractivity contribution in [1.82, 2.24) is 20.2 Å². The van der Waals surface area contributed by atoms with Gasteiger partial charge in [0.2, 0.25) is 11.1 Å². The van der Waals surface area contributed by atoms with Crippen molar-refractivity contribution in [3.8, 4) is 5.69 Å². The number of nitrogens with zero attached hydrogens (tertiary/aromatic N) is 4. The molecule has 0 spiro atoms. The summed E-state index contributed by atoms with van der Waals surface area (Å²) in [5.74, 6) is 0.183. The predicted octanol–water partition coefficient (Wildman–Crippen LogP) is 4.13. The number of nitrogens with one attached hydrogen (secondary N) is 1. The van der Waals surface area contributed by atoms with Crippen LogP contribution in [0.2, 0.25) is 0 Å². The van der Waals surface area contributed by atoms with Crippen molar-refractivity contribution in [3.05, 3.63) is 58.7 Å². The van der Waals surface area contributed by atoms with Crippen LogP contribution in [0.1, 0.15) is 36.1 Å². The van der Waals surface area contributed by atoms with Crippen molar-refractivity contribution in [2.45, 2.75) is 45.7 Å². The van der Waals surface area contributed by atoms with Crippen molar-refractivity contribution < 1.29 is 4.79 Å². The molecule has 2 aromatic carbocycles. The van der Waals surface area contributed by atoms with Crippen LogP contribution >= 0.6 is 11.8 Å². The number of benzene rings is 2. The molecule has 0 saturated carbocycles. The third-order valence-electron chi connectivity index (χ3n) is 4.77. The second kappa shape index (κ2) is 9.01. The van der Waals surface area contributed by atoms with Crippen LogP contribution in [-0.4, -0.2) is 31.9 Å². The molecular weight excluding hydrogens is 370 g/mol. The first-order valence-corrected chi connectivity index (χ1v) is 10.4. The maximum atomic E-state index is 12.6. The van der Waals surface area contributed by atoms with Gasteiger partial charge < -0.3 is 5.32 Å². The molecule has 0 radical (unpaired) electrons. The first-order valence-electron chi connectivity index (χ1n) is 9.42. The second-order valence-electron chi connectivity index (χ2n) is 6.64. The Kier molecular flexibility index (Phi) is 6.46. The highest BCUT2D eigenvalue weighted by Gasteiger charge is 2.14. The Hall–Kier alpha value is -2.67. The number of carbonyl (C=O) groups excluding carboxylic acids is 1. The number of hydrogen-bond acceptors (Lipinski definition) is 5. The van der Waals surface area contributed by atoms with Crippen molar-refractivity contribution in [2.24, 2.45) is 0 Å². The largest absolute Gasteiger partial charge is 0.325 e. The first kappa shape index (κ1) is 20.1. The zero-order chi connectivity index (χ0) is 20.1. The summed E-state index contributed by atoms with van der Waals surface area (Å²) in [4.78, 5) is 12.6. The molecule has 0 aliphatic heterocycles. The van der Waals surface area contributed by atoms with Crippen LogP contribution in [0.5, 0.6) is 0 Å². The molecule has 28 heavy (non-hydrogen) atoms. The van der Waals surface area contributed by atoms with Crippen LogP contribution < -0.4 is 5.32 Å². The van der Waals surface area contributed by atoms with Gasteiger partial charge in [0.05, 0.1) is 11.4 Å². The monoisotopic (exact) mass is 395 g/mol. The van der Waals surface area contributed by atoms with E-state index in [2.05, 4.69) is 60.7 Å².